The monoisotopic (exact) mass is 272 g/mol. The summed E-state index contributed by atoms with van der Waals surface area (Å²) in [4.78, 5) is 11.0. The number of rotatable bonds is 5. The van der Waals surface area contributed by atoms with Crippen LogP contribution in [0.2, 0.25) is 0 Å². The molecule has 2 N–H and O–H groups in total. The number of hydrogen-bond acceptors (Lipinski definition) is 3. The lowest BCUT2D eigenvalue weighted by Crippen LogP contribution is -2.31. The molecule has 0 amide bonds. The van der Waals surface area contributed by atoms with Gasteiger partial charge >= 0.3 is 5.97 Å². The van der Waals surface area contributed by atoms with Gasteiger partial charge in [0.1, 0.15) is 12.4 Å². The van der Waals surface area contributed by atoms with E-state index in [9.17, 15) is 9.90 Å². The lowest BCUT2D eigenvalue weighted by Gasteiger charge is -2.19. The maximum atomic E-state index is 11.0. The van der Waals surface area contributed by atoms with Gasteiger partial charge in [-0.05, 0) is 30.2 Å². The predicted octanol–water partition coefficient (Wildman–Crippen LogP) is 2.56. The molecule has 4 heteroatoms. The van der Waals surface area contributed by atoms with Crippen LogP contribution in [0.5, 0.6) is 5.75 Å². The molecule has 2 rings (SSSR count). The third-order valence-electron chi connectivity index (χ3n) is 3.06. The third-order valence-corrected chi connectivity index (χ3v) is 3.06. The van der Waals surface area contributed by atoms with E-state index in [0.29, 0.717) is 12.4 Å². The van der Waals surface area contributed by atoms with Gasteiger partial charge in [0, 0.05) is 0 Å². The van der Waals surface area contributed by atoms with Crippen LogP contribution in [0.1, 0.15) is 18.1 Å². The van der Waals surface area contributed by atoms with Crippen LogP contribution < -0.4 is 4.74 Å². The van der Waals surface area contributed by atoms with Crippen molar-refractivity contribution in [3.63, 3.8) is 0 Å². The van der Waals surface area contributed by atoms with E-state index in [2.05, 4.69) is 0 Å². The molecule has 0 aromatic heterocycles. The number of benzene rings is 2. The second-order valence-corrected chi connectivity index (χ2v) is 4.68. The number of hydrogen-bond donors (Lipinski definition) is 2. The molecule has 0 aliphatic heterocycles. The molecule has 0 saturated heterocycles. The van der Waals surface area contributed by atoms with E-state index in [1.165, 1.54) is 13.0 Å². The molecule has 104 valence electrons. The van der Waals surface area contributed by atoms with E-state index in [1.54, 1.807) is 18.2 Å². The van der Waals surface area contributed by atoms with Crippen LogP contribution in [-0.4, -0.2) is 16.2 Å². The van der Waals surface area contributed by atoms with E-state index in [4.69, 9.17) is 9.84 Å². The average molecular weight is 272 g/mol. The minimum absolute atomic E-state index is 0.288. The fraction of sp³-hybridized carbons (Fsp3) is 0.188. The van der Waals surface area contributed by atoms with Crippen LogP contribution in [0.15, 0.2) is 54.6 Å². The summed E-state index contributed by atoms with van der Waals surface area (Å²) in [7, 11) is 0. The molecule has 4 nitrogen and oxygen atoms in total. The van der Waals surface area contributed by atoms with Crippen molar-refractivity contribution in [2.45, 2.75) is 19.1 Å². The molecule has 2 aromatic carbocycles. The highest BCUT2D eigenvalue weighted by molar-refractivity contribution is 5.78. The Labute approximate surface area is 117 Å². The summed E-state index contributed by atoms with van der Waals surface area (Å²) in [5.74, 6) is -0.773. The van der Waals surface area contributed by atoms with E-state index in [0.717, 1.165) is 5.56 Å². The summed E-state index contributed by atoms with van der Waals surface area (Å²) in [5.41, 5.74) is -0.620. The minimum Gasteiger partial charge on any atom is -0.489 e. The SMILES string of the molecule is CC(O)(C(=O)O)c1cccc(OCc2ccccc2)c1. The van der Waals surface area contributed by atoms with Crippen molar-refractivity contribution in [2.75, 3.05) is 0 Å². The first-order chi connectivity index (χ1) is 9.50. The summed E-state index contributed by atoms with van der Waals surface area (Å²) in [5, 5.41) is 18.9. The Hall–Kier alpha value is -2.33. The maximum absolute atomic E-state index is 11.0. The minimum atomic E-state index is -1.92. The Balaban J connectivity index is 2.13. The fourth-order valence-electron chi connectivity index (χ4n) is 1.75. The lowest BCUT2D eigenvalue weighted by atomic mass is 9.96. The van der Waals surface area contributed by atoms with Gasteiger partial charge in [0.05, 0.1) is 0 Å². The molecule has 1 unspecified atom stereocenters. The largest absolute Gasteiger partial charge is 0.489 e. The number of carbonyl (C=O) groups is 1. The molecule has 0 spiro atoms. The van der Waals surface area contributed by atoms with Crippen LogP contribution in [0, 0.1) is 0 Å². The zero-order valence-electron chi connectivity index (χ0n) is 11.1. The number of aliphatic hydroxyl groups is 1. The Kier molecular flexibility index (Phi) is 4.05. The molecule has 0 aliphatic carbocycles. The highest BCUT2D eigenvalue weighted by atomic mass is 16.5. The zero-order valence-corrected chi connectivity index (χ0v) is 11.1. The second-order valence-electron chi connectivity index (χ2n) is 4.68. The van der Waals surface area contributed by atoms with Crippen LogP contribution in [0.3, 0.4) is 0 Å². The smallest absolute Gasteiger partial charge is 0.340 e. The van der Waals surface area contributed by atoms with E-state index >= 15 is 0 Å². The summed E-state index contributed by atoms with van der Waals surface area (Å²) >= 11 is 0. The third kappa shape index (κ3) is 3.16. The Bertz CT molecular complexity index is 590. The molecule has 0 bridgehead atoms. The molecule has 0 saturated carbocycles. The predicted molar refractivity (Wildman–Crippen MR) is 74.4 cm³/mol. The molecule has 0 fully saturated rings. The van der Waals surface area contributed by atoms with Crippen LogP contribution in [-0.2, 0) is 17.0 Å². The Morgan fingerprint density at radius 2 is 1.85 bits per heavy atom. The van der Waals surface area contributed by atoms with E-state index < -0.39 is 11.6 Å². The summed E-state index contributed by atoms with van der Waals surface area (Å²) in [6.45, 7) is 1.63. The molecule has 20 heavy (non-hydrogen) atoms. The molecule has 0 radical (unpaired) electrons. The van der Waals surface area contributed by atoms with Crippen molar-refractivity contribution in [3.05, 3.63) is 65.7 Å². The lowest BCUT2D eigenvalue weighted by molar-refractivity contribution is -0.157. The summed E-state index contributed by atoms with van der Waals surface area (Å²) < 4.78 is 5.60. The fourth-order valence-corrected chi connectivity index (χ4v) is 1.75. The van der Waals surface area contributed by atoms with Crippen molar-refractivity contribution >= 4 is 5.97 Å². The van der Waals surface area contributed by atoms with Crippen molar-refractivity contribution in [1.82, 2.24) is 0 Å². The average Bonchev–Trinajstić information content (AvgIpc) is 2.46. The summed E-state index contributed by atoms with van der Waals surface area (Å²) in [6.07, 6.45) is 0. The van der Waals surface area contributed by atoms with Crippen molar-refractivity contribution in [1.29, 1.82) is 0 Å². The first-order valence-corrected chi connectivity index (χ1v) is 6.23. The van der Waals surface area contributed by atoms with E-state index in [1.807, 2.05) is 30.3 Å². The Morgan fingerprint density at radius 3 is 2.50 bits per heavy atom. The standard InChI is InChI=1S/C16H16O4/c1-16(19,15(17)18)13-8-5-9-14(10-13)20-11-12-6-3-2-4-7-12/h2-10,19H,11H2,1H3,(H,17,18). The van der Waals surface area contributed by atoms with Gasteiger partial charge in [-0.25, -0.2) is 4.79 Å². The van der Waals surface area contributed by atoms with Crippen molar-refractivity contribution in [2.24, 2.45) is 0 Å². The van der Waals surface area contributed by atoms with Gasteiger partial charge in [-0.2, -0.15) is 0 Å². The van der Waals surface area contributed by atoms with Gasteiger partial charge in [0.2, 0.25) is 0 Å². The molecule has 0 aliphatic rings. The Morgan fingerprint density at radius 1 is 1.15 bits per heavy atom. The zero-order chi connectivity index (χ0) is 14.6. The molecule has 1 atom stereocenters. The normalized spacial score (nSPS) is 13.5. The maximum Gasteiger partial charge on any atom is 0.340 e. The van der Waals surface area contributed by atoms with Gasteiger partial charge in [-0.15, -0.1) is 0 Å². The summed E-state index contributed by atoms with van der Waals surface area (Å²) in [6, 6.07) is 16.1. The first-order valence-electron chi connectivity index (χ1n) is 6.23. The van der Waals surface area contributed by atoms with Crippen LogP contribution in [0.4, 0.5) is 0 Å². The number of ether oxygens (including phenoxy) is 1. The highest BCUT2D eigenvalue weighted by Crippen LogP contribution is 2.25. The van der Waals surface area contributed by atoms with Crippen molar-refractivity contribution < 1.29 is 19.7 Å². The van der Waals surface area contributed by atoms with Crippen LogP contribution >= 0.6 is 0 Å². The van der Waals surface area contributed by atoms with Crippen LogP contribution in [0.25, 0.3) is 0 Å². The highest BCUT2D eigenvalue weighted by Gasteiger charge is 2.32. The topological polar surface area (TPSA) is 66.8 Å². The van der Waals surface area contributed by atoms with Gasteiger partial charge < -0.3 is 14.9 Å². The number of aliphatic carboxylic acids is 1. The molecule has 2 aromatic rings. The van der Waals surface area contributed by atoms with Gasteiger partial charge in [0.25, 0.3) is 0 Å². The number of carboxylic acids is 1. The number of carboxylic acid groups (broad SMARTS) is 1. The first kappa shape index (κ1) is 14.1. The van der Waals surface area contributed by atoms with Gasteiger partial charge in [-0.3, -0.25) is 0 Å². The van der Waals surface area contributed by atoms with Crippen molar-refractivity contribution in [3.8, 4) is 5.75 Å². The quantitative estimate of drug-likeness (QED) is 0.877. The second kappa shape index (κ2) is 5.75. The van der Waals surface area contributed by atoms with Gasteiger partial charge in [0.15, 0.2) is 5.60 Å². The molecular formula is C16H16O4. The van der Waals surface area contributed by atoms with E-state index in [-0.39, 0.29) is 5.56 Å². The van der Waals surface area contributed by atoms with Gasteiger partial charge in [-0.1, -0.05) is 42.5 Å². The molecular weight excluding hydrogens is 256 g/mol. The molecule has 0 heterocycles.